The zero-order chi connectivity index (χ0) is 28.1. The second-order valence-corrected chi connectivity index (χ2v) is 9.47. The van der Waals surface area contributed by atoms with Gasteiger partial charge < -0.3 is 19.5 Å². The van der Waals surface area contributed by atoms with Crippen LogP contribution in [0.3, 0.4) is 0 Å². The Morgan fingerprint density at radius 1 is 1.18 bits per heavy atom. The number of nitrogens with zero attached hydrogens (tertiary/aromatic N) is 4. The van der Waals surface area contributed by atoms with Crippen LogP contribution in [0, 0.1) is 11.6 Å². The third kappa shape index (κ3) is 7.06. The van der Waals surface area contributed by atoms with E-state index in [1.807, 2.05) is 6.07 Å². The number of ether oxygens (including phenoxy) is 1. The first-order chi connectivity index (χ1) is 18.6. The Morgan fingerprint density at radius 2 is 1.92 bits per heavy atom. The molecule has 15 heteroatoms. The first kappa shape index (κ1) is 27.9. The van der Waals surface area contributed by atoms with E-state index in [2.05, 4.69) is 24.7 Å². The largest absolute Gasteiger partial charge is 0.568 e. The number of pyridine rings is 2. The van der Waals surface area contributed by atoms with Gasteiger partial charge in [-0.25, -0.2) is 23.5 Å². The maximum Gasteiger partial charge on any atom is 0.388 e. The standard InChI is InChI=1S/C24H22F4N6O4S/c1-33(18-4-5-20(30-13-18)38-23(27)28)22(35)19(11-14-9-16(25)12-17(26)10-14)31-24(36)32-39(37)34-8-6-15-3-2-7-29-21(15)34/h2-5,7,9-10,12-13,19,23H,6,8,11H2,1H3,(H2,31,32,36)/t19-,39?/m0/s1. The molecule has 2 N–H and O–H groups in total. The molecule has 0 saturated heterocycles. The van der Waals surface area contributed by atoms with Crippen molar-refractivity contribution in [3.05, 3.63) is 77.6 Å². The molecule has 0 bridgehead atoms. The summed E-state index contributed by atoms with van der Waals surface area (Å²) in [5.74, 6) is -2.42. The zero-order valence-corrected chi connectivity index (χ0v) is 21.1. The molecule has 4 rings (SSSR count). The lowest BCUT2D eigenvalue weighted by Crippen LogP contribution is -2.54. The number of nitrogens with one attached hydrogen (secondary N) is 2. The number of halogens is 4. The molecule has 1 aliphatic heterocycles. The number of benzene rings is 1. The van der Waals surface area contributed by atoms with Gasteiger partial charge in [-0.05, 0) is 36.2 Å². The highest BCUT2D eigenvalue weighted by atomic mass is 32.2. The van der Waals surface area contributed by atoms with E-state index in [1.54, 1.807) is 6.07 Å². The Kier molecular flexibility index (Phi) is 8.71. The molecule has 206 valence electrons. The Labute approximate surface area is 223 Å². The Bertz CT molecular complexity index is 1320. The summed E-state index contributed by atoms with van der Waals surface area (Å²) in [7, 11) is 1.33. The van der Waals surface area contributed by atoms with Gasteiger partial charge in [0.25, 0.3) is 0 Å². The Balaban J connectivity index is 1.50. The summed E-state index contributed by atoms with van der Waals surface area (Å²) in [6.07, 6.45) is 2.87. The monoisotopic (exact) mass is 566 g/mol. The number of hydrogen-bond acceptors (Lipinski definition) is 7. The first-order valence-electron chi connectivity index (χ1n) is 11.4. The van der Waals surface area contributed by atoms with Crippen LogP contribution in [0.4, 0.5) is 33.9 Å². The van der Waals surface area contributed by atoms with E-state index < -0.39 is 47.8 Å². The van der Waals surface area contributed by atoms with Gasteiger partial charge in [-0.1, -0.05) is 6.07 Å². The lowest BCUT2D eigenvalue weighted by Gasteiger charge is -2.26. The van der Waals surface area contributed by atoms with Gasteiger partial charge in [-0.3, -0.25) is 4.79 Å². The number of likely N-dealkylation sites (N-methyl/N-ethyl adjacent to an activating group) is 1. The smallest absolute Gasteiger partial charge is 0.388 e. The molecule has 2 atom stereocenters. The molecule has 3 heterocycles. The van der Waals surface area contributed by atoms with Crippen LogP contribution in [0.1, 0.15) is 11.1 Å². The van der Waals surface area contributed by atoms with Gasteiger partial charge in [0.05, 0.1) is 18.4 Å². The van der Waals surface area contributed by atoms with Gasteiger partial charge in [-0.15, -0.1) is 4.72 Å². The van der Waals surface area contributed by atoms with Crippen molar-refractivity contribution >= 4 is 35.0 Å². The molecule has 1 aliphatic rings. The van der Waals surface area contributed by atoms with Crippen molar-refractivity contribution in [2.75, 3.05) is 22.8 Å². The highest BCUT2D eigenvalue weighted by Crippen LogP contribution is 2.26. The number of fused-ring (bicyclic) bond motifs is 1. The number of alkyl halides is 2. The number of anilines is 2. The van der Waals surface area contributed by atoms with E-state index in [0.717, 1.165) is 34.9 Å². The van der Waals surface area contributed by atoms with Gasteiger partial charge in [0.15, 0.2) is 5.82 Å². The van der Waals surface area contributed by atoms with Crippen molar-refractivity contribution in [1.29, 1.82) is 0 Å². The minimum absolute atomic E-state index is 0.0668. The molecular formula is C24H22F4N6O4S. The van der Waals surface area contributed by atoms with Crippen LogP contribution in [0.5, 0.6) is 5.88 Å². The number of rotatable bonds is 9. The van der Waals surface area contributed by atoms with Crippen LogP contribution >= 0.6 is 0 Å². The maximum atomic E-state index is 13.8. The number of hydrogen-bond donors (Lipinski definition) is 2. The molecule has 0 spiro atoms. The van der Waals surface area contributed by atoms with Crippen LogP contribution in [-0.2, 0) is 29.2 Å². The molecule has 1 unspecified atom stereocenters. The minimum Gasteiger partial charge on any atom is -0.568 e. The number of carbonyl (C=O) groups is 2. The summed E-state index contributed by atoms with van der Waals surface area (Å²) in [4.78, 5) is 35.1. The van der Waals surface area contributed by atoms with Crippen LogP contribution in [0.15, 0.2) is 54.9 Å². The van der Waals surface area contributed by atoms with E-state index in [1.165, 1.54) is 23.6 Å². The Hall–Kier alpha value is -4.11. The summed E-state index contributed by atoms with van der Waals surface area (Å²) >= 11 is -2.05. The van der Waals surface area contributed by atoms with E-state index >= 15 is 0 Å². The van der Waals surface area contributed by atoms with E-state index in [9.17, 15) is 31.7 Å². The van der Waals surface area contributed by atoms with Gasteiger partial charge in [-0.2, -0.15) is 13.1 Å². The van der Waals surface area contributed by atoms with E-state index in [0.29, 0.717) is 24.8 Å². The molecule has 0 saturated carbocycles. The van der Waals surface area contributed by atoms with Gasteiger partial charge >= 0.3 is 12.6 Å². The highest BCUT2D eigenvalue weighted by molar-refractivity contribution is 7.91. The number of urea groups is 1. The molecule has 3 aromatic rings. The van der Waals surface area contributed by atoms with E-state index in [4.69, 9.17) is 0 Å². The highest BCUT2D eigenvalue weighted by Gasteiger charge is 2.33. The van der Waals surface area contributed by atoms with Crippen molar-refractivity contribution < 1.29 is 36.4 Å². The number of aromatic nitrogens is 2. The SMILES string of the molecule is CN(C(=O)[C@H](Cc1cc(F)cc(F)c1)NC(=O)N[S+]([O-])N1CCc2cccnc21)c1ccc(OC(F)F)nc1. The van der Waals surface area contributed by atoms with Gasteiger partial charge in [0, 0.05) is 37.4 Å². The molecule has 1 aromatic carbocycles. The molecule has 0 radical (unpaired) electrons. The van der Waals surface area contributed by atoms with Crippen LogP contribution in [-0.4, -0.2) is 52.7 Å². The molecular weight excluding hydrogens is 544 g/mol. The molecule has 10 nitrogen and oxygen atoms in total. The lowest BCUT2D eigenvalue weighted by molar-refractivity contribution is -0.120. The Morgan fingerprint density at radius 3 is 2.59 bits per heavy atom. The summed E-state index contributed by atoms with van der Waals surface area (Å²) < 4.78 is 73.1. The predicted octanol–water partition coefficient (Wildman–Crippen LogP) is 2.87. The quantitative estimate of drug-likeness (QED) is 0.302. The number of carbonyl (C=O) groups excluding carboxylic acids is 2. The fourth-order valence-electron chi connectivity index (χ4n) is 3.92. The summed E-state index contributed by atoms with van der Waals surface area (Å²) in [6, 6.07) is 6.27. The second-order valence-electron chi connectivity index (χ2n) is 8.33. The fraction of sp³-hybridized carbons (Fsp3) is 0.250. The zero-order valence-electron chi connectivity index (χ0n) is 20.3. The second kappa shape index (κ2) is 12.2. The maximum absolute atomic E-state index is 13.8. The molecule has 0 fully saturated rings. The molecule has 0 aliphatic carbocycles. The van der Waals surface area contributed by atoms with Crippen LogP contribution in [0.25, 0.3) is 0 Å². The summed E-state index contributed by atoms with van der Waals surface area (Å²) in [5, 5.41) is 2.40. The fourth-order valence-corrected chi connectivity index (χ4v) is 4.83. The van der Waals surface area contributed by atoms with Gasteiger partial charge in [0.1, 0.15) is 17.7 Å². The van der Waals surface area contributed by atoms with Gasteiger partial charge in [0.2, 0.25) is 23.3 Å². The third-order valence-electron chi connectivity index (χ3n) is 5.68. The van der Waals surface area contributed by atoms with Crippen LogP contribution in [0.2, 0.25) is 0 Å². The summed E-state index contributed by atoms with van der Waals surface area (Å²) in [6.45, 7) is -2.75. The molecule has 3 amide bonds. The number of amides is 3. The van der Waals surface area contributed by atoms with Crippen molar-refractivity contribution in [2.24, 2.45) is 0 Å². The minimum atomic E-state index is -3.09. The van der Waals surface area contributed by atoms with Crippen LogP contribution < -0.4 is 24.0 Å². The predicted molar refractivity (Wildman–Crippen MR) is 133 cm³/mol. The lowest BCUT2D eigenvalue weighted by atomic mass is 10.0. The summed E-state index contributed by atoms with van der Waals surface area (Å²) in [5.41, 5.74) is 1.08. The van der Waals surface area contributed by atoms with Crippen molar-refractivity contribution in [1.82, 2.24) is 20.0 Å². The average Bonchev–Trinajstić information content (AvgIpc) is 3.31. The normalized spacial score (nSPS) is 14.0. The van der Waals surface area contributed by atoms with Crippen molar-refractivity contribution in [2.45, 2.75) is 25.5 Å². The molecule has 2 aromatic heterocycles. The first-order valence-corrected chi connectivity index (χ1v) is 12.5. The van der Waals surface area contributed by atoms with E-state index in [-0.39, 0.29) is 23.6 Å². The topological polar surface area (TPSA) is 123 Å². The third-order valence-corrected chi connectivity index (χ3v) is 6.80. The van der Waals surface area contributed by atoms with Crippen molar-refractivity contribution in [3.63, 3.8) is 0 Å². The molecule has 39 heavy (non-hydrogen) atoms. The van der Waals surface area contributed by atoms with Crippen molar-refractivity contribution in [3.8, 4) is 5.88 Å². The average molecular weight is 567 g/mol.